The minimum Gasteiger partial charge on any atom is -0.378 e. The van der Waals surface area contributed by atoms with Crippen molar-refractivity contribution < 1.29 is 4.74 Å². The van der Waals surface area contributed by atoms with Crippen LogP contribution in [0.2, 0.25) is 0 Å². The summed E-state index contributed by atoms with van der Waals surface area (Å²) in [5.41, 5.74) is 0.302. The molecule has 18 heavy (non-hydrogen) atoms. The van der Waals surface area contributed by atoms with Crippen LogP contribution in [0, 0.1) is 5.41 Å². The fourth-order valence-corrected chi connectivity index (χ4v) is 4.43. The maximum absolute atomic E-state index is 5.82. The molecule has 0 saturated heterocycles. The van der Waals surface area contributed by atoms with E-state index in [0.29, 0.717) is 17.6 Å². The third-order valence-electron chi connectivity index (χ3n) is 4.97. The minimum absolute atomic E-state index is 0.302. The summed E-state index contributed by atoms with van der Waals surface area (Å²) in [4.78, 5) is 0. The number of nitrogens with one attached hydrogen (secondary N) is 1. The van der Waals surface area contributed by atoms with Crippen molar-refractivity contribution in [2.45, 2.75) is 76.3 Å². The van der Waals surface area contributed by atoms with Crippen molar-refractivity contribution in [1.29, 1.82) is 0 Å². The molecule has 2 aliphatic rings. The van der Waals surface area contributed by atoms with Crippen LogP contribution in [-0.2, 0) is 4.74 Å². The number of hydrogen-bond donors (Lipinski definition) is 1. The number of hydrogen-bond acceptors (Lipinski definition) is 3. The molecular formula is C15H29NOS. The van der Waals surface area contributed by atoms with Gasteiger partial charge in [-0.3, -0.25) is 0 Å². The highest BCUT2D eigenvalue weighted by Gasteiger charge is 2.49. The number of rotatable bonds is 5. The molecular weight excluding hydrogens is 242 g/mol. The summed E-state index contributed by atoms with van der Waals surface area (Å²) >= 11 is 2.05. The van der Waals surface area contributed by atoms with Crippen LogP contribution in [0.4, 0.5) is 0 Å². The molecule has 2 saturated carbocycles. The fraction of sp³-hybridized carbons (Fsp3) is 1.00. The van der Waals surface area contributed by atoms with Gasteiger partial charge >= 0.3 is 0 Å². The summed E-state index contributed by atoms with van der Waals surface area (Å²) in [5, 5.41) is 4.75. The molecule has 0 aromatic heterocycles. The van der Waals surface area contributed by atoms with Gasteiger partial charge in [-0.15, -0.1) is 0 Å². The highest BCUT2D eigenvalue weighted by Crippen LogP contribution is 2.43. The Hall–Kier alpha value is 0.270. The lowest BCUT2D eigenvalue weighted by molar-refractivity contribution is -0.117. The Bertz CT molecular complexity index is 269. The molecule has 2 nitrogen and oxygen atoms in total. The quantitative estimate of drug-likeness (QED) is 0.827. The first-order valence-corrected chi connectivity index (χ1v) is 8.78. The van der Waals surface area contributed by atoms with Crippen LogP contribution in [0.3, 0.4) is 0 Å². The van der Waals surface area contributed by atoms with Gasteiger partial charge in [0.25, 0.3) is 0 Å². The SMILES string of the molecule is CCOC1CC(NC2CCCCC2SC)C1(C)C. The van der Waals surface area contributed by atoms with E-state index in [1.807, 2.05) is 11.8 Å². The molecule has 4 unspecified atom stereocenters. The summed E-state index contributed by atoms with van der Waals surface area (Å²) in [6, 6.07) is 1.37. The van der Waals surface area contributed by atoms with Crippen LogP contribution < -0.4 is 5.32 Å². The van der Waals surface area contributed by atoms with E-state index in [9.17, 15) is 0 Å². The van der Waals surface area contributed by atoms with Gasteiger partial charge < -0.3 is 10.1 Å². The normalized spacial score (nSPS) is 39.3. The third-order valence-corrected chi connectivity index (χ3v) is 6.14. The monoisotopic (exact) mass is 271 g/mol. The van der Waals surface area contributed by atoms with E-state index in [1.54, 1.807) is 0 Å². The predicted octanol–water partition coefficient (Wildman–Crippen LogP) is 3.45. The van der Waals surface area contributed by atoms with Crippen molar-refractivity contribution in [3.05, 3.63) is 0 Å². The lowest BCUT2D eigenvalue weighted by atomic mass is 9.64. The van der Waals surface area contributed by atoms with Gasteiger partial charge in [0.05, 0.1) is 6.10 Å². The zero-order chi connectivity index (χ0) is 13.2. The minimum atomic E-state index is 0.302. The lowest BCUT2D eigenvalue weighted by Gasteiger charge is -2.53. The highest BCUT2D eigenvalue weighted by atomic mass is 32.2. The first kappa shape index (κ1) is 14.7. The maximum Gasteiger partial charge on any atom is 0.0655 e. The molecule has 0 bridgehead atoms. The summed E-state index contributed by atoms with van der Waals surface area (Å²) in [7, 11) is 0. The lowest BCUT2D eigenvalue weighted by Crippen LogP contribution is -2.64. The average molecular weight is 271 g/mol. The van der Waals surface area contributed by atoms with Crippen LogP contribution in [-0.4, -0.2) is 36.3 Å². The molecule has 0 aromatic rings. The third kappa shape index (κ3) is 2.88. The Kier molecular flexibility index (Phi) is 5.01. The topological polar surface area (TPSA) is 21.3 Å². The largest absolute Gasteiger partial charge is 0.378 e. The number of ether oxygens (including phenoxy) is 1. The molecule has 0 radical (unpaired) electrons. The van der Waals surface area contributed by atoms with Gasteiger partial charge in [-0.05, 0) is 32.4 Å². The van der Waals surface area contributed by atoms with E-state index in [4.69, 9.17) is 4.74 Å². The van der Waals surface area contributed by atoms with Gasteiger partial charge in [0.1, 0.15) is 0 Å². The number of thioether (sulfide) groups is 1. The van der Waals surface area contributed by atoms with E-state index in [1.165, 1.54) is 32.1 Å². The van der Waals surface area contributed by atoms with Crippen LogP contribution in [0.25, 0.3) is 0 Å². The molecule has 0 spiro atoms. The average Bonchev–Trinajstić information content (AvgIpc) is 2.38. The van der Waals surface area contributed by atoms with Crippen molar-refractivity contribution in [1.82, 2.24) is 5.32 Å². The van der Waals surface area contributed by atoms with Crippen LogP contribution >= 0.6 is 11.8 Å². The molecule has 0 aliphatic heterocycles. The predicted molar refractivity (Wildman–Crippen MR) is 80.3 cm³/mol. The smallest absolute Gasteiger partial charge is 0.0655 e. The van der Waals surface area contributed by atoms with Gasteiger partial charge in [0.2, 0.25) is 0 Å². The Labute approximate surface area is 117 Å². The Morgan fingerprint density at radius 3 is 2.61 bits per heavy atom. The first-order valence-electron chi connectivity index (χ1n) is 7.50. The van der Waals surface area contributed by atoms with Gasteiger partial charge in [-0.1, -0.05) is 26.7 Å². The first-order chi connectivity index (χ1) is 8.59. The fourth-order valence-electron chi connectivity index (χ4n) is 3.48. The van der Waals surface area contributed by atoms with Crippen LogP contribution in [0.15, 0.2) is 0 Å². The van der Waals surface area contributed by atoms with Crippen molar-refractivity contribution in [3.8, 4) is 0 Å². The Balaban J connectivity index is 1.86. The highest BCUT2D eigenvalue weighted by molar-refractivity contribution is 7.99. The van der Waals surface area contributed by atoms with Crippen molar-refractivity contribution in [2.75, 3.05) is 12.9 Å². The molecule has 106 valence electrons. The molecule has 1 N–H and O–H groups in total. The van der Waals surface area contributed by atoms with Crippen LogP contribution in [0.1, 0.15) is 52.9 Å². The van der Waals surface area contributed by atoms with Crippen molar-refractivity contribution in [3.63, 3.8) is 0 Å². The molecule has 2 aliphatic carbocycles. The van der Waals surface area contributed by atoms with Gasteiger partial charge in [0, 0.05) is 29.4 Å². The van der Waals surface area contributed by atoms with Gasteiger partial charge in [-0.25, -0.2) is 0 Å². The standard InChI is InChI=1S/C15H29NOS/c1-5-17-14-10-13(15(14,2)3)16-11-8-6-7-9-12(11)18-4/h11-14,16H,5-10H2,1-4H3. The zero-order valence-corrected chi connectivity index (χ0v) is 13.2. The van der Waals surface area contributed by atoms with E-state index >= 15 is 0 Å². The molecule has 3 heteroatoms. The second kappa shape index (κ2) is 6.15. The van der Waals surface area contributed by atoms with E-state index < -0.39 is 0 Å². The Morgan fingerprint density at radius 2 is 2.00 bits per heavy atom. The summed E-state index contributed by atoms with van der Waals surface area (Å²) in [6.07, 6.45) is 9.48. The molecule has 4 atom stereocenters. The molecule has 2 fully saturated rings. The zero-order valence-electron chi connectivity index (χ0n) is 12.4. The molecule has 0 amide bonds. The summed E-state index contributed by atoms with van der Waals surface area (Å²) in [6.45, 7) is 7.65. The van der Waals surface area contributed by atoms with Crippen molar-refractivity contribution >= 4 is 11.8 Å². The summed E-state index contributed by atoms with van der Waals surface area (Å²) < 4.78 is 5.82. The van der Waals surface area contributed by atoms with E-state index in [0.717, 1.165) is 17.9 Å². The van der Waals surface area contributed by atoms with E-state index in [-0.39, 0.29) is 0 Å². The second-order valence-corrected chi connectivity index (χ2v) is 7.46. The second-order valence-electron chi connectivity index (χ2n) is 6.39. The summed E-state index contributed by atoms with van der Waals surface area (Å²) in [5.74, 6) is 0. The van der Waals surface area contributed by atoms with Gasteiger partial charge in [-0.2, -0.15) is 11.8 Å². The molecule has 2 rings (SSSR count). The van der Waals surface area contributed by atoms with Crippen molar-refractivity contribution in [2.24, 2.45) is 5.41 Å². The molecule has 0 heterocycles. The molecule has 0 aromatic carbocycles. The van der Waals surface area contributed by atoms with E-state index in [2.05, 4.69) is 32.3 Å². The van der Waals surface area contributed by atoms with Gasteiger partial charge in [0.15, 0.2) is 0 Å². The van der Waals surface area contributed by atoms with Crippen LogP contribution in [0.5, 0.6) is 0 Å². The maximum atomic E-state index is 5.82. The Morgan fingerprint density at radius 1 is 1.28 bits per heavy atom.